The van der Waals surface area contributed by atoms with Crippen LogP contribution in [0.25, 0.3) is 0 Å². The topological polar surface area (TPSA) is 134 Å². The van der Waals surface area contributed by atoms with E-state index >= 15 is 0 Å². The van der Waals surface area contributed by atoms with Crippen LogP contribution in [0.15, 0.2) is 18.2 Å². The number of halogens is 2. The SMILES string of the molecule is O=C(N[C@]1(C(=O)NS(=O)(=O)C2CC2)C[C@H]1I)[C@@H]1C[C@@H](OC(=O)N2Cc3cccc(Cl)c3C2)CN1. The molecule has 2 aliphatic heterocycles. The number of nitrogens with one attached hydrogen (secondary N) is 3. The van der Waals surface area contributed by atoms with Crippen LogP contribution in [-0.4, -0.2) is 64.6 Å². The highest BCUT2D eigenvalue weighted by atomic mass is 127. The molecule has 1 aromatic rings. The van der Waals surface area contributed by atoms with E-state index in [0.29, 0.717) is 43.9 Å². The Morgan fingerprint density at radius 2 is 1.97 bits per heavy atom. The van der Waals surface area contributed by atoms with Crippen molar-refractivity contribution in [3.8, 4) is 0 Å². The summed E-state index contributed by atoms with van der Waals surface area (Å²) in [4.78, 5) is 39.8. The van der Waals surface area contributed by atoms with Crippen LogP contribution in [0.1, 0.15) is 36.8 Å². The van der Waals surface area contributed by atoms with E-state index in [1.807, 2.05) is 34.7 Å². The maximum Gasteiger partial charge on any atom is 0.410 e. The highest BCUT2D eigenvalue weighted by Crippen LogP contribution is 2.44. The fraction of sp³-hybridized carbons (Fsp3) is 0.571. The van der Waals surface area contributed by atoms with Crippen molar-refractivity contribution < 1.29 is 27.5 Å². The largest absolute Gasteiger partial charge is 0.445 e. The zero-order valence-corrected chi connectivity index (χ0v) is 21.8. The fourth-order valence-electron chi connectivity index (χ4n) is 4.35. The van der Waals surface area contributed by atoms with Gasteiger partial charge >= 0.3 is 6.09 Å². The fourth-order valence-corrected chi connectivity index (χ4v) is 7.10. The summed E-state index contributed by atoms with van der Waals surface area (Å²) in [5.74, 6) is -1.11. The van der Waals surface area contributed by atoms with Crippen LogP contribution in [0.2, 0.25) is 5.02 Å². The van der Waals surface area contributed by atoms with Crippen LogP contribution < -0.4 is 15.4 Å². The summed E-state index contributed by atoms with van der Waals surface area (Å²) < 4.78 is 31.8. The number of ether oxygens (including phenoxy) is 1. The standard InChI is InChI=1S/C21H24ClIN4O6S/c22-15-3-1-2-11-9-27(10-14(11)15)20(30)33-12-6-16(24-8-12)18(28)25-21(7-17(21)23)19(29)26-34(31,32)13-4-5-13/h1-3,12-13,16-17,24H,4-10H2,(H,25,28)(H,26,29)/t12-,16+,17-,21-/m1/s1. The summed E-state index contributed by atoms with van der Waals surface area (Å²) >= 11 is 8.25. The summed E-state index contributed by atoms with van der Waals surface area (Å²) in [5.41, 5.74) is 0.653. The van der Waals surface area contributed by atoms with Crippen molar-refractivity contribution in [3.63, 3.8) is 0 Å². The molecular formula is C21H24ClIN4O6S. The van der Waals surface area contributed by atoms with Gasteiger partial charge in [-0.1, -0.05) is 46.3 Å². The highest BCUT2D eigenvalue weighted by Gasteiger charge is 2.61. The molecule has 5 rings (SSSR count). The van der Waals surface area contributed by atoms with E-state index in [-0.39, 0.29) is 10.3 Å². The second-order valence-electron chi connectivity index (χ2n) is 9.24. The van der Waals surface area contributed by atoms with Gasteiger partial charge in [-0.2, -0.15) is 0 Å². The molecule has 2 heterocycles. The number of rotatable bonds is 6. The molecular weight excluding hydrogens is 599 g/mol. The van der Waals surface area contributed by atoms with Gasteiger partial charge in [-0.05, 0) is 36.5 Å². The average molecular weight is 623 g/mol. The predicted molar refractivity (Wildman–Crippen MR) is 131 cm³/mol. The lowest BCUT2D eigenvalue weighted by atomic mass is 10.1. The van der Waals surface area contributed by atoms with E-state index in [1.54, 1.807) is 11.0 Å². The van der Waals surface area contributed by atoms with Crippen LogP contribution in [0, 0.1) is 0 Å². The molecule has 0 aromatic heterocycles. The Kier molecular flexibility index (Phi) is 6.22. The van der Waals surface area contributed by atoms with Gasteiger partial charge < -0.3 is 15.4 Å². The molecule has 4 aliphatic rings. The summed E-state index contributed by atoms with van der Waals surface area (Å²) in [6, 6.07) is 4.89. The monoisotopic (exact) mass is 622 g/mol. The molecule has 2 saturated carbocycles. The first-order valence-corrected chi connectivity index (χ1v) is 14.2. The first-order chi connectivity index (χ1) is 16.1. The van der Waals surface area contributed by atoms with Crippen LogP contribution in [0.4, 0.5) is 4.79 Å². The molecule has 0 bridgehead atoms. The summed E-state index contributed by atoms with van der Waals surface area (Å²) in [5, 5.41) is 5.85. The number of alkyl halides is 1. The quantitative estimate of drug-likeness (QED) is 0.321. The molecule has 0 spiro atoms. The number of sulfonamides is 1. The van der Waals surface area contributed by atoms with Gasteiger partial charge in [-0.3, -0.25) is 19.2 Å². The molecule has 1 saturated heterocycles. The highest BCUT2D eigenvalue weighted by molar-refractivity contribution is 14.1. The molecule has 3 fully saturated rings. The van der Waals surface area contributed by atoms with E-state index in [9.17, 15) is 22.8 Å². The Balaban J connectivity index is 1.14. The molecule has 34 heavy (non-hydrogen) atoms. The Morgan fingerprint density at radius 3 is 2.62 bits per heavy atom. The van der Waals surface area contributed by atoms with E-state index in [4.69, 9.17) is 16.3 Å². The van der Waals surface area contributed by atoms with Crippen LogP contribution in [-0.2, 0) is 37.4 Å². The molecule has 0 unspecified atom stereocenters. The minimum atomic E-state index is -3.70. The lowest BCUT2D eigenvalue weighted by Crippen LogP contribution is -2.55. The Morgan fingerprint density at radius 1 is 1.24 bits per heavy atom. The van der Waals surface area contributed by atoms with Gasteiger partial charge in [0.2, 0.25) is 15.9 Å². The molecule has 4 atom stereocenters. The molecule has 13 heteroatoms. The number of fused-ring (bicyclic) bond motifs is 1. The van der Waals surface area contributed by atoms with Crippen molar-refractivity contribution in [3.05, 3.63) is 34.3 Å². The Hall–Kier alpha value is -1.64. The zero-order chi connectivity index (χ0) is 24.3. The molecule has 10 nitrogen and oxygen atoms in total. The third-order valence-electron chi connectivity index (χ3n) is 6.68. The normalized spacial score (nSPS) is 29.9. The number of amides is 3. The van der Waals surface area contributed by atoms with Crippen molar-refractivity contribution in [2.45, 2.75) is 65.6 Å². The van der Waals surface area contributed by atoms with Crippen LogP contribution >= 0.6 is 34.2 Å². The lowest BCUT2D eigenvalue weighted by Gasteiger charge is -2.21. The molecule has 2 aliphatic carbocycles. The minimum absolute atomic E-state index is 0.206. The molecule has 3 N–H and O–H groups in total. The van der Waals surface area contributed by atoms with Crippen LogP contribution in [0.5, 0.6) is 0 Å². The van der Waals surface area contributed by atoms with Crippen molar-refractivity contribution in [2.75, 3.05) is 6.54 Å². The summed E-state index contributed by atoms with van der Waals surface area (Å²) in [6.07, 6.45) is 0.710. The molecule has 3 amide bonds. The van der Waals surface area contributed by atoms with Gasteiger partial charge in [0.1, 0.15) is 11.6 Å². The Bertz CT molecular complexity index is 1160. The Labute approximate surface area is 215 Å². The minimum Gasteiger partial charge on any atom is -0.445 e. The third-order valence-corrected chi connectivity index (χ3v) is 10.4. The van der Waals surface area contributed by atoms with Crippen molar-refractivity contribution in [1.82, 2.24) is 20.3 Å². The maximum atomic E-state index is 12.9. The van der Waals surface area contributed by atoms with Gasteiger partial charge in [0, 0.05) is 28.5 Å². The van der Waals surface area contributed by atoms with Crippen molar-refractivity contribution in [1.29, 1.82) is 0 Å². The second-order valence-corrected chi connectivity index (χ2v) is 13.1. The number of hydrogen-bond acceptors (Lipinski definition) is 7. The van der Waals surface area contributed by atoms with E-state index in [0.717, 1.165) is 11.1 Å². The number of carbonyl (C=O) groups is 3. The molecule has 0 radical (unpaired) electrons. The molecule has 1 aromatic carbocycles. The smallest absolute Gasteiger partial charge is 0.410 e. The second kappa shape index (κ2) is 8.79. The van der Waals surface area contributed by atoms with E-state index in [1.165, 1.54) is 0 Å². The van der Waals surface area contributed by atoms with E-state index in [2.05, 4.69) is 15.4 Å². The van der Waals surface area contributed by atoms with Gasteiger partial charge in [0.25, 0.3) is 5.91 Å². The first-order valence-electron chi connectivity index (χ1n) is 11.1. The average Bonchev–Trinajstić information content (AvgIpc) is 3.63. The van der Waals surface area contributed by atoms with Gasteiger partial charge in [0.05, 0.1) is 17.8 Å². The zero-order valence-electron chi connectivity index (χ0n) is 18.1. The van der Waals surface area contributed by atoms with Crippen LogP contribution in [0.3, 0.4) is 0 Å². The number of carbonyl (C=O) groups excluding carboxylic acids is 3. The predicted octanol–water partition coefficient (Wildman–Crippen LogP) is 1.19. The van der Waals surface area contributed by atoms with Gasteiger partial charge in [0.15, 0.2) is 0 Å². The first kappa shape index (κ1) is 24.1. The lowest BCUT2D eigenvalue weighted by molar-refractivity contribution is -0.129. The third kappa shape index (κ3) is 4.61. The van der Waals surface area contributed by atoms with Gasteiger partial charge in [-0.25, -0.2) is 13.2 Å². The van der Waals surface area contributed by atoms with Gasteiger partial charge in [-0.15, -0.1) is 0 Å². The maximum absolute atomic E-state index is 12.9. The summed E-state index contributed by atoms with van der Waals surface area (Å²) in [7, 11) is -3.70. The number of nitrogens with zero attached hydrogens (tertiary/aromatic N) is 1. The van der Waals surface area contributed by atoms with Crippen molar-refractivity contribution >= 4 is 62.1 Å². The number of benzene rings is 1. The number of hydrogen-bond donors (Lipinski definition) is 3. The van der Waals surface area contributed by atoms with Crippen molar-refractivity contribution in [2.24, 2.45) is 0 Å². The summed E-state index contributed by atoms with van der Waals surface area (Å²) in [6.45, 7) is 1.09. The van der Waals surface area contributed by atoms with E-state index < -0.39 is 50.9 Å². The molecule has 184 valence electrons.